The number of ether oxygens (including phenoxy) is 2. The first-order valence-corrected chi connectivity index (χ1v) is 6.80. The van der Waals surface area contributed by atoms with Crippen LogP contribution in [0.15, 0.2) is 12.1 Å². The Labute approximate surface area is 113 Å². The van der Waals surface area contributed by atoms with E-state index in [1.165, 1.54) is 12.8 Å². The molecule has 1 aromatic rings. The van der Waals surface area contributed by atoms with Crippen LogP contribution >= 0.6 is 11.6 Å². The molecule has 0 aliphatic heterocycles. The molecule has 0 unspecified atom stereocenters. The highest BCUT2D eigenvalue weighted by molar-refractivity contribution is 6.30. The molecule has 0 radical (unpaired) electrons. The summed E-state index contributed by atoms with van der Waals surface area (Å²) in [5, 5.41) is 3.81. The van der Waals surface area contributed by atoms with Crippen LogP contribution in [0.4, 0.5) is 0 Å². The summed E-state index contributed by atoms with van der Waals surface area (Å²) in [6.45, 7) is 0.721. The average Bonchev–Trinajstić information content (AvgIpc) is 2.85. The zero-order chi connectivity index (χ0) is 13.0. The molecular formula is C14H20ClNO2. The Hall–Kier alpha value is -0.930. The number of hydrogen-bond acceptors (Lipinski definition) is 3. The van der Waals surface area contributed by atoms with E-state index in [0.717, 1.165) is 36.4 Å². The quantitative estimate of drug-likeness (QED) is 0.889. The largest absolute Gasteiger partial charge is 0.493 e. The molecule has 0 atom stereocenters. The van der Waals surface area contributed by atoms with E-state index in [9.17, 15) is 0 Å². The van der Waals surface area contributed by atoms with Crippen molar-refractivity contribution in [3.8, 4) is 11.5 Å². The van der Waals surface area contributed by atoms with Gasteiger partial charge in [-0.25, -0.2) is 0 Å². The van der Waals surface area contributed by atoms with Crippen LogP contribution in [0.5, 0.6) is 11.5 Å². The monoisotopic (exact) mass is 269 g/mol. The molecule has 1 fully saturated rings. The van der Waals surface area contributed by atoms with Gasteiger partial charge in [0.2, 0.25) is 0 Å². The molecule has 0 aromatic heterocycles. The summed E-state index contributed by atoms with van der Waals surface area (Å²) in [5.74, 6) is 1.56. The molecule has 4 heteroatoms. The van der Waals surface area contributed by atoms with E-state index in [-0.39, 0.29) is 0 Å². The summed E-state index contributed by atoms with van der Waals surface area (Å²) in [6, 6.07) is 3.75. The second kappa shape index (κ2) is 6.30. The average molecular weight is 270 g/mol. The Bertz CT molecular complexity index is 403. The molecule has 2 rings (SSSR count). The number of nitrogens with one attached hydrogen (secondary N) is 1. The zero-order valence-corrected chi connectivity index (χ0v) is 11.7. The lowest BCUT2D eigenvalue weighted by Crippen LogP contribution is -2.15. The lowest BCUT2D eigenvalue weighted by atomic mass is 10.1. The van der Waals surface area contributed by atoms with Gasteiger partial charge in [-0.2, -0.15) is 0 Å². The number of halogens is 1. The fourth-order valence-electron chi connectivity index (χ4n) is 2.40. The van der Waals surface area contributed by atoms with Crippen LogP contribution in [0.2, 0.25) is 5.02 Å². The van der Waals surface area contributed by atoms with Gasteiger partial charge in [-0.3, -0.25) is 0 Å². The fraction of sp³-hybridized carbons (Fsp3) is 0.571. The summed E-state index contributed by atoms with van der Waals surface area (Å²) in [7, 11) is 3.56. The van der Waals surface area contributed by atoms with Crippen LogP contribution in [0.25, 0.3) is 0 Å². The zero-order valence-electron chi connectivity index (χ0n) is 11.0. The van der Waals surface area contributed by atoms with E-state index < -0.39 is 0 Å². The molecule has 0 bridgehead atoms. The number of benzene rings is 1. The molecule has 100 valence electrons. The smallest absolute Gasteiger partial charge is 0.166 e. The lowest BCUT2D eigenvalue weighted by molar-refractivity contribution is 0.198. The Morgan fingerprint density at radius 3 is 2.67 bits per heavy atom. The summed E-state index contributed by atoms with van der Waals surface area (Å²) in [5.41, 5.74) is 1.05. The van der Waals surface area contributed by atoms with Crippen molar-refractivity contribution in [2.24, 2.45) is 0 Å². The van der Waals surface area contributed by atoms with Crippen LogP contribution in [0.3, 0.4) is 0 Å². The van der Waals surface area contributed by atoms with E-state index in [4.69, 9.17) is 21.1 Å². The van der Waals surface area contributed by atoms with Gasteiger partial charge >= 0.3 is 0 Å². The highest BCUT2D eigenvalue weighted by Gasteiger charge is 2.20. The van der Waals surface area contributed by atoms with Gasteiger partial charge in [-0.15, -0.1) is 0 Å². The Balaban J connectivity index is 2.28. The third-order valence-electron chi connectivity index (χ3n) is 3.27. The first kappa shape index (κ1) is 13.5. The molecule has 0 heterocycles. The van der Waals surface area contributed by atoms with E-state index in [1.54, 1.807) is 7.11 Å². The van der Waals surface area contributed by atoms with E-state index >= 15 is 0 Å². The first-order chi connectivity index (χ1) is 8.74. The molecule has 1 aromatic carbocycles. The molecule has 1 aliphatic carbocycles. The molecule has 3 nitrogen and oxygen atoms in total. The highest BCUT2D eigenvalue weighted by Crippen LogP contribution is 2.37. The van der Waals surface area contributed by atoms with Crippen LogP contribution in [-0.2, 0) is 6.54 Å². The van der Waals surface area contributed by atoms with Crippen molar-refractivity contribution in [1.29, 1.82) is 0 Å². The minimum Gasteiger partial charge on any atom is -0.493 e. The van der Waals surface area contributed by atoms with Gasteiger partial charge in [-0.1, -0.05) is 11.6 Å². The van der Waals surface area contributed by atoms with Crippen molar-refractivity contribution in [1.82, 2.24) is 5.32 Å². The van der Waals surface area contributed by atoms with Gasteiger partial charge in [0.15, 0.2) is 11.5 Å². The topological polar surface area (TPSA) is 30.5 Å². The van der Waals surface area contributed by atoms with Gasteiger partial charge in [-0.05, 0) is 38.8 Å². The standard InChI is InChI=1S/C14H20ClNO2/c1-16-9-10-7-11(15)8-13(17-2)14(10)18-12-5-3-4-6-12/h7-8,12,16H,3-6,9H2,1-2H3. The highest BCUT2D eigenvalue weighted by atomic mass is 35.5. The maximum atomic E-state index is 6.11. The number of methoxy groups -OCH3 is 1. The van der Waals surface area contributed by atoms with Crippen LogP contribution in [-0.4, -0.2) is 20.3 Å². The summed E-state index contributed by atoms with van der Waals surface area (Å²) >= 11 is 6.09. The van der Waals surface area contributed by atoms with Gasteiger partial charge in [0, 0.05) is 23.2 Å². The Morgan fingerprint density at radius 2 is 2.06 bits per heavy atom. The lowest BCUT2D eigenvalue weighted by Gasteiger charge is -2.19. The first-order valence-electron chi connectivity index (χ1n) is 6.42. The second-order valence-corrected chi connectivity index (χ2v) is 5.09. The maximum Gasteiger partial charge on any atom is 0.166 e. The molecular weight excluding hydrogens is 250 g/mol. The fourth-order valence-corrected chi connectivity index (χ4v) is 2.63. The summed E-state index contributed by atoms with van der Waals surface area (Å²) < 4.78 is 11.5. The Kier molecular flexibility index (Phi) is 4.72. The molecule has 1 aliphatic rings. The van der Waals surface area contributed by atoms with Crippen LogP contribution < -0.4 is 14.8 Å². The van der Waals surface area contributed by atoms with Crippen LogP contribution in [0, 0.1) is 0 Å². The summed E-state index contributed by atoms with van der Waals surface area (Å²) in [4.78, 5) is 0. The molecule has 18 heavy (non-hydrogen) atoms. The molecule has 0 amide bonds. The van der Waals surface area contributed by atoms with Gasteiger partial charge < -0.3 is 14.8 Å². The minimum absolute atomic E-state index is 0.315. The van der Waals surface area contributed by atoms with Crippen molar-refractivity contribution in [2.45, 2.75) is 38.3 Å². The molecule has 1 saturated carbocycles. The third-order valence-corrected chi connectivity index (χ3v) is 3.49. The normalized spacial score (nSPS) is 15.9. The molecule has 0 saturated heterocycles. The predicted octanol–water partition coefficient (Wildman–Crippen LogP) is 3.39. The van der Waals surface area contributed by atoms with E-state index in [1.807, 2.05) is 19.2 Å². The summed E-state index contributed by atoms with van der Waals surface area (Å²) in [6.07, 6.45) is 5.08. The van der Waals surface area contributed by atoms with Crippen molar-refractivity contribution in [3.05, 3.63) is 22.7 Å². The van der Waals surface area contributed by atoms with E-state index in [2.05, 4.69) is 5.32 Å². The van der Waals surface area contributed by atoms with Gasteiger partial charge in [0.25, 0.3) is 0 Å². The van der Waals surface area contributed by atoms with Gasteiger partial charge in [0.05, 0.1) is 13.2 Å². The number of hydrogen-bond donors (Lipinski definition) is 1. The predicted molar refractivity (Wildman–Crippen MR) is 73.7 cm³/mol. The van der Waals surface area contributed by atoms with Crippen molar-refractivity contribution >= 4 is 11.6 Å². The number of rotatable bonds is 5. The van der Waals surface area contributed by atoms with E-state index in [0.29, 0.717) is 11.1 Å². The third kappa shape index (κ3) is 3.09. The van der Waals surface area contributed by atoms with Gasteiger partial charge in [0.1, 0.15) is 0 Å². The maximum absolute atomic E-state index is 6.11. The molecule has 0 spiro atoms. The Morgan fingerprint density at radius 1 is 1.33 bits per heavy atom. The molecule has 1 N–H and O–H groups in total. The van der Waals surface area contributed by atoms with Crippen LogP contribution in [0.1, 0.15) is 31.2 Å². The second-order valence-electron chi connectivity index (χ2n) is 4.65. The van der Waals surface area contributed by atoms with Crippen molar-refractivity contribution in [2.75, 3.05) is 14.2 Å². The SMILES string of the molecule is CNCc1cc(Cl)cc(OC)c1OC1CCCC1. The van der Waals surface area contributed by atoms with Crippen molar-refractivity contribution < 1.29 is 9.47 Å². The minimum atomic E-state index is 0.315. The van der Waals surface area contributed by atoms with Crippen molar-refractivity contribution in [3.63, 3.8) is 0 Å².